The highest BCUT2D eigenvalue weighted by Crippen LogP contribution is 2.37. The molecule has 2 heterocycles. The molecule has 0 aliphatic carbocycles. The Kier molecular flexibility index (Phi) is 5.22. The molecular formula is C22H20FN5S. The van der Waals surface area contributed by atoms with Crippen molar-refractivity contribution in [3.8, 4) is 11.1 Å². The van der Waals surface area contributed by atoms with Crippen molar-refractivity contribution in [1.29, 1.82) is 0 Å². The van der Waals surface area contributed by atoms with Gasteiger partial charge in [0.2, 0.25) is 4.77 Å². The van der Waals surface area contributed by atoms with Gasteiger partial charge in [-0.25, -0.2) is 4.39 Å². The molecule has 0 aliphatic heterocycles. The third-order valence-electron chi connectivity index (χ3n) is 4.66. The van der Waals surface area contributed by atoms with Gasteiger partial charge in [0.1, 0.15) is 12.1 Å². The number of allylic oxidation sites excluding steroid dienone is 1. The molecule has 0 amide bonds. The van der Waals surface area contributed by atoms with Crippen LogP contribution in [0.2, 0.25) is 0 Å². The molecule has 29 heavy (non-hydrogen) atoms. The van der Waals surface area contributed by atoms with Gasteiger partial charge in [0.15, 0.2) is 0 Å². The number of hydrogen-bond donors (Lipinski definition) is 1. The van der Waals surface area contributed by atoms with E-state index in [1.165, 1.54) is 23.1 Å². The Morgan fingerprint density at radius 3 is 2.59 bits per heavy atom. The van der Waals surface area contributed by atoms with Crippen LogP contribution in [0, 0.1) is 10.6 Å². The molecule has 0 radical (unpaired) electrons. The van der Waals surface area contributed by atoms with Crippen LogP contribution in [-0.2, 0) is 0 Å². The normalized spacial score (nSPS) is 12.1. The SMILES string of the molecule is CC(C)n1c(/C=C/C=Nn2cn[nH]c2=S)c(-c2ccc(F)cc2)c2ccccc21. The van der Waals surface area contributed by atoms with E-state index in [0.29, 0.717) is 4.77 Å². The number of aromatic nitrogens is 4. The summed E-state index contributed by atoms with van der Waals surface area (Å²) in [6.07, 6.45) is 7.07. The van der Waals surface area contributed by atoms with Gasteiger partial charge in [-0.05, 0) is 62.0 Å². The van der Waals surface area contributed by atoms with Crippen molar-refractivity contribution in [3.05, 3.63) is 77.2 Å². The molecule has 2 aromatic carbocycles. The lowest BCUT2D eigenvalue weighted by Crippen LogP contribution is -2.03. The highest BCUT2D eigenvalue weighted by Gasteiger charge is 2.18. The van der Waals surface area contributed by atoms with Crippen LogP contribution in [0.15, 0.2) is 66.0 Å². The molecule has 0 spiro atoms. The molecule has 0 atom stereocenters. The zero-order valence-corrected chi connectivity index (χ0v) is 16.9. The molecule has 0 bridgehead atoms. The van der Waals surface area contributed by atoms with Crippen LogP contribution in [0.3, 0.4) is 0 Å². The summed E-state index contributed by atoms with van der Waals surface area (Å²) in [5, 5.41) is 11.9. The first-order chi connectivity index (χ1) is 14.1. The second kappa shape index (κ2) is 7.97. The summed E-state index contributed by atoms with van der Waals surface area (Å²) in [7, 11) is 0. The van der Waals surface area contributed by atoms with Gasteiger partial charge in [0.25, 0.3) is 0 Å². The molecule has 4 rings (SSSR count). The fourth-order valence-corrected chi connectivity index (χ4v) is 3.64. The van der Waals surface area contributed by atoms with Crippen LogP contribution >= 0.6 is 12.2 Å². The minimum Gasteiger partial charge on any atom is -0.338 e. The van der Waals surface area contributed by atoms with Gasteiger partial charge in [-0.15, -0.1) is 0 Å². The monoisotopic (exact) mass is 405 g/mol. The van der Waals surface area contributed by atoms with Crippen molar-refractivity contribution >= 4 is 35.4 Å². The molecule has 2 aromatic heterocycles. The Balaban J connectivity index is 1.87. The fourth-order valence-electron chi connectivity index (χ4n) is 3.49. The van der Waals surface area contributed by atoms with E-state index in [-0.39, 0.29) is 11.9 Å². The first kappa shape index (κ1) is 19.0. The third-order valence-corrected chi connectivity index (χ3v) is 4.94. The topological polar surface area (TPSA) is 50.9 Å². The van der Waals surface area contributed by atoms with Crippen LogP contribution < -0.4 is 0 Å². The summed E-state index contributed by atoms with van der Waals surface area (Å²) < 4.78 is 17.7. The number of nitrogens with one attached hydrogen (secondary N) is 1. The number of nitrogens with zero attached hydrogens (tertiary/aromatic N) is 4. The van der Waals surface area contributed by atoms with Gasteiger partial charge in [-0.3, -0.25) is 5.10 Å². The van der Waals surface area contributed by atoms with Gasteiger partial charge < -0.3 is 4.57 Å². The van der Waals surface area contributed by atoms with Crippen molar-refractivity contribution in [3.63, 3.8) is 0 Å². The Morgan fingerprint density at radius 2 is 1.90 bits per heavy atom. The second-order valence-corrected chi connectivity index (χ2v) is 7.26. The lowest BCUT2D eigenvalue weighted by atomic mass is 10.0. The number of halogens is 1. The number of H-pyrrole nitrogens is 1. The van der Waals surface area contributed by atoms with Gasteiger partial charge in [-0.2, -0.15) is 14.9 Å². The van der Waals surface area contributed by atoms with Crippen LogP contribution in [0.25, 0.3) is 28.1 Å². The lowest BCUT2D eigenvalue weighted by Gasteiger charge is -2.13. The van der Waals surface area contributed by atoms with Gasteiger partial charge in [-0.1, -0.05) is 30.3 Å². The van der Waals surface area contributed by atoms with Crippen molar-refractivity contribution in [2.75, 3.05) is 0 Å². The number of para-hydroxylation sites is 1. The van der Waals surface area contributed by atoms with Crippen LogP contribution in [0.5, 0.6) is 0 Å². The Labute approximate surface area is 172 Å². The number of benzene rings is 2. The van der Waals surface area contributed by atoms with Crippen LogP contribution in [-0.4, -0.2) is 25.7 Å². The highest BCUT2D eigenvalue weighted by atomic mass is 32.1. The molecule has 4 aromatic rings. The number of fused-ring (bicyclic) bond motifs is 1. The summed E-state index contributed by atoms with van der Waals surface area (Å²) in [5.41, 5.74) is 4.21. The van der Waals surface area contributed by atoms with Crippen molar-refractivity contribution in [2.24, 2.45) is 5.10 Å². The summed E-state index contributed by atoms with van der Waals surface area (Å²) >= 11 is 5.09. The van der Waals surface area contributed by atoms with Gasteiger partial charge in [0.05, 0.1) is 0 Å². The van der Waals surface area contributed by atoms with E-state index < -0.39 is 0 Å². The molecule has 5 nitrogen and oxygen atoms in total. The number of aromatic amines is 1. The molecule has 7 heteroatoms. The molecular weight excluding hydrogens is 385 g/mol. The lowest BCUT2D eigenvalue weighted by molar-refractivity contribution is 0.619. The van der Waals surface area contributed by atoms with E-state index in [2.05, 4.69) is 45.8 Å². The largest absolute Gasteiger partial charge is 0.338 e. The van der Waals surface area contributed by atoms with E-state index in [0.717, 1.165) is 27.7 Å². The minimum absolute atomic E-state index is 0.244. The van der Waals surface area contributed by atoms with E-state index in [9.17, 15) is 4.39 Å². The maximum Gasteiger partial charge on any atom is 0.216 e. The maximum atomic E-state index is 13.5. The molecule has 0 unspecified atom stereocenters. The van der Waals surface area contributed by atoms with Gasteiger partial charge in [0, 0.05) is 34.4 Å². The predicted molar refractivity (Wildman–Crippen MR) is 118 cm³/mol. The molecule has 0 saturated heterocycles. The van der Waals surface area contributed by atoms with Crippen LogP contribution in [0.1, 0.15) is 25.6 Å². The molecule has 1 N–H and O–H groups in total. The molecule has 0 aliphatic rings. The quantitative estimate of drug-likeness (QED) is 0.335. The third kappa shape index (κ3) is 3.69. The minimum atomic E-state index is -0.248. The first-order valence-corrected chi connectivity index (χ1v) is 9.69. The molecule has 0 fully saturated rings. The van der Waals surface area contributed by atoms with E-state index in [1.54, 1.807) is 6.21 Å². The van der Waals surface area contributed by atoms with Crippen molar-refractivity contribution in [1.82, 2.24) is 19.4 Å². The van der Waals surface area contributed by atoms with Crippen molar-refractivity contribution in [2.45, 2.75) is 19.9 Å². The zero-order valence-electron chi connectivity index (χ0n) is 16.1. The van der Waals surface area contributed by atoms with Crippen molar-refractivity contribution < 1.29 is 4.39 Å². The number of rotatable bonds is 5. The standard InChI is InChI=1S/C22H20FN5S/c1-15(2)28-19-7-4-3-6-18(19)21(16-9-11-17(23)12-10-16)20(28)8-5-13-25-27-14-24-26-22(27)29/h3-15H,1-2H3,(H,26,29)/b8-5+,25-13?. The van der Waals surface area contributed by atoms with E-state index in [4.69, 9.17) is 12.2 Å². The van der Waals surface area contributed by atoms with Crippen LogP contribution in [0.4, 0.5) is 4.39 Å². The van der Waals surface area contributed by atoms with E-state index in [1.807, 2.05) is 36.4 Å². The summed E-state index contributed by atoms with van der Waals surface area (Å²) in [5.74, 6) is -0.248. The fraction of sp³-hybridized carbons (Fsp3) is 0.136. The Morgan fingerprint density at radius 1 is 1.14 bits per heavy atom. The summed E-state index contributed by atoms with van der Waals surface area (Å²) in [6, 6.07) is 15.1. The highest BCUT2D eigenvalue weighted by molar-refractivity contribution is 7.71. The summed E-state index contributed by atoms with van der Waals surface area (Å²) in [4.78, 5) is 0. The molecule has 146 valence electrons. The Hall–Kier alpha value is -3.32. The average molecular weight is 406 g/mol. The first-order valence-electron chi connectivity index (χ1n) is 9.28. The van der Waals surface area contributed by atoms with Gasteiger partial charge >= 0.3 is 0 Å². The maximum absolute atomic E-state index is 13.5. The second-order valence-electron chi connectivity index (χ2n) is 6.88. The zero-order chi connectivity index (χ0) is 20.4. The summed E-state index contributed by atoms with van der Waals surface area (Å²) in [6.45, 7) is 4.30. The predicted octanol–water partition coefficient (Wildman–Crippen LogP) is 5.83. The Bertz CT molecular complexity index is 1260. The molecule has 0 saturated carbocycles. The number of hydrogen-bond acceptors (Lipinski definition) is 3. The average Bonchev–Trinajstić information content (AvgIpc) is 3.26. The van der Waals surface area contributed by atoms with E-state index >= 15 is 0 Å². The smallest absolute Gasteiger partial charge is 0.216 e.